The van der Waals surface area contributed by atoms with Crippen LogP contribution in [0, 0.1) is 6.92 Å². The second-order valence-electron chi connectivity index (χ2n) is 7.41. The van der Waals surface area contributed by atoms with Gasteiger partial charge < -0.3 is 20.3 Å². The molecule has 1 aliphatic heterocycles. The first-order valence-electron chi connectivity index (χ1n) is 9.84. The van der Waals surface area contributed by atoms with Crippen LogP contribution in [0.5, 0.6) is 0 Å². The highest BCUT2D eigenvalue weighted by Crippen LogP contribution is 2.18. The van der Waals surface area contributed by atoms with E-state index in [0.717, 1.165) is 22.4 Å². The molecule has 8 heteroatoms. The summed E-state index contributed by atoms with van der Waals surface area (Å²) in [6.45, 7) is 2.23. The maximum absolute atomic E-state index is 12.6. The average molecular weight is 408 g/mol. The summed E-state index contributed by atoms with van der Waals surface area (Å²) in [6, 6.07) is 11.2. The number of carbonyl (C=O) groups excluding carboxylic acids is 1. The first kappa shape index (κ1) is 20.2. The molecule has 1 amide bonds. The predicted molar refractivity (Wildman–Crippen MR) is 109 cm³/mol. The lowest BCUT2D eigenvalue weighted by Gasteiger charge is -2.32. The van der Waals surface area contributed by atoms with Crippen molar-refractivity contribution in [1.29, 1.82) is 0 Å². The Kier molecular flexibility index (Phi) is 5.89. The number of aliphatic hydroxyl groups excluding tert-OH is 2. The number of carbonyl (C=O) groups is 1. The summed E-state index contributed by atoms with van der Waals surface area (Å²) < 4.78 is 6.77. The van der Waals surface area contributed by atoms with Gasteiger partial charge in [0.2, 0.25) is 0 Å². The minimum absolute atomic E-state index is 0.268. The molecule has 0 radical (unpaired) electrons. The molecule has 4 rings (SSSR count). The molecular formula is C22H24N4O4. The molecule has 3 aromatic rings. The van der Waals surface area contributed by atoms with Gasteiger partial charge in [0.25, 0.3) is 5.91 Å². The maximum Gasteiger partial charge on any atom is 0.270 e. The Morgan fingerprint density at radius 2 is 2.10 bits per heavy atom. The fourth-order valence-electron chi connectivity index (χ4n) is 3.47. The maximum atomic E-state index is 12.6. The third-order valence-corrected chi connectivity index (χ3v) is 5.29. The summed E-state index contributed by atoms with van der Waals surface area (Å²) in [4.78, 5) is 16.9. The highest BCUT2D eigenvalue weighted by atomic mass is 16.6. The Hall–Kier alpha value is -3.07. The highest BCUT2D eigenvalue weighted by molar-refractivity contribution is 5.92. The van der Waals surface area contributed by atoms with Gasteiger partial charge in [0, 0.05) is 18.6 Å². The third-order valence-electron chi connectivity index (χ3n) is 5.29. The number of nitrogens with one attached hydrogen (secondary N) is 1. The minimum Gasteiger partial charge on any atom is -0.386 e. The molecular weight excluding hydrogens is 384 g/mol. The lowest BCUT2D eigenvalue weighted by Crippen LogP contribution is -2.53. The number of pyridine rings is 1. The third kappa shape index (κ3) is 4.40. The number of ether oxygens (including phenoxy) is 1. The summed E-state index contributed by atoms with van der Waals surface area (Å²) in [6.07, 6.45) is 3.92. The number of nitrogens with zero attached hydrogens (tertiary/aromatic N) is 3. The zero-order chi connectivity index (χ0) is 21.1. The van der Waals surface area contributed by atoms with E-state index < -0.39 is 18.4 Å². The van der Waals surface area contributed by atoms with Crippen LogP contribution in [0.3, 0.4) is 0 Å². The molecule has 1 aromatic carbocycles. The molecule has 8 nitrogen and oxygen atoms in total. The topological polar surface area (TPSA) is 110 Å². The smallest absolute Gasteiger partial charge is 0.270 e. The zero-order valence-electron chi connectivity index (χ0n) is 16.6. The van der Waals surface area contributed by atoms with Crippen LogP contribution in [0.2, 0.25) is 0 Å². The standard InChI is InChI=1S/C22H24N4O4/c1-14-13-23-19(21(28)25-18-7-10-30-22(29)20(18)27)12-16(14)11-15-3-5-17(6-4-15)26-9-2-8-24-26/h2-6,8-9,12-13,18,20,22,27,29H,7,10-11H2,1H3,(H,25,28)/t18-,20+,22?/m0/s1. The molecule has 0 aliphatic carbocycles. The first-order chi connectivity index (χ1) is 14.5. The Balaban J connectivity index is 1.47. The Bertz CT molecular complexity index is 1000. The van der Waals surface area contributed by atoms with E-state index in [2.05, 4.69) is 15.4 Å². The van der Waals surface area contributed by atoms with Gasteiger partial charge in [0.1, 0.15) is 11.8 Å². The first-order valence-corrected chi connectivity index (χ1v) is 9.84. The van der Waals surface area contributed by atoms with Crippen LogP contribution in [0.1, 0.15) is 33.6 Å². The van der Waals surface area contributed by atoms with Crippen LogP contribution in [0.15, 0.2) is 55.0 Å². The van der Waals surface area contributed by atoms with Crippen LogP contribution in [0.4, 0.5) is 0 Å². The van der Waals surface area contributed by atoms with E-state index in [1.807, 2.05) is 43.5 Å². The van der Waals surface area contributed by atoms with Crippen LogP contribution >= 0.6 is 0 Å². The van der Waals surface area contributed by atoms with Crippen molar-refractivity contribution in [2.24, 2.45) is 0 Å². The Morgan fingerprint density at radius 1 is 1.30 bits per heavy atom. The molecule has 1 unspecified atom stereocenters. The minimum atomic E-state index is -1.30. The second kappa shape index (κ2) is 8.74. The van der Waals surface area contributed by atoms with E-state index in [4.69, 9.17) is 4.74 Å². The molecule has 3 N–H and O–H groups in total. The number of aromatic nitrogens is 3. The van der Waals surface area contributed by atoms with Crippen LogP contribution < -0.4 is 5.32 Å². The van der Waals surface area contributed by atoms with Crippen LogP contribution in [-0.4, -0.2) is 55.9 Å². The molecule has 1 saturated heterocycles. The van der Waals surface area contributed by atoms with Crippen molar-refractivity contribution in [3.8, 4) is 5.69 Å². The van der Waals surface area contributed by atoms with E-state index in [-0.39, 0.29) is 18.2 Å². The van der Waals surface area contributed by atoms with E-state index in [1.54, 1.807) is 23.1 Å². The Morgan fingerprint density at radius 3 is 2.83 bits per heavy atom. The van der Waals surface area contributed by atoms with Gasteiger partial charge in [-0.3, -0.25) is 9.78 Å². The molecule has 156 valence electrons. The molecule has 2 aromatic heterocycles. The van der Waals surface area contributed by atoms with Crippen molar-refractivity contribution in [2.45, 2.75) is 38.2 Å². The summed E-state index contributed by atoms with van der Waals surface area (Å²) in [5.74, 6) is -0.386. The van der Waals surface area contributed by atoms with Gasteiger partial charge in [-0.05, 0) is 60.7 Å². The van der Waals surface area contributed by atoms with Crippen molar-refractivity contribution >= 4 is 5.91 Å². The van der Waals surface area contributed by atoms with Gasteiger partial charge in [0.05, 0.1) is 18.3 Å². The molecule has 1 fully saturated rings. The SMILES string of the molecule is Cc1cnc(C(=O)N[C@H]2CCOC(O)[C@@H]2O)cc1Cc1ccc(-n2cccn2)cc1. The number of benzene rings is 1. The lowest BCUT2D eigenvalue weighted by atomic mass is 10.0. The Labute approximate surface area is 174 Å². The molecule has 0 spiro atoms. The van der Waals surface area contributed by atoms with Crippen molar-refractivity contribution < 1.29 is 19.7 Å². The monoisotopic (exact) mass is 408 g/mol. The van der Waals surface area contributed by atoms with Gasteiger partial charge in [-0.1, -0.05) is 12.1 Å². The normalized spacial score (nSPS) is 21.4. The summed E-state index contributed by atoms with van der Waals surface area (Å²) in [5.41, 5.74) is 4.35. The van der Waals surface area contributed by atoms with Gasteiger partial charge in [-0.2, -0.15) is 5.10 Å². The van der Waals surface area contributed by atoms with E-state index in [9.17, 15) is 15.0 Å². The van der Waals surface area contributed by atoms with E-state index in [1.165, 1.54) is 0 Å². The second-order valence-corrected chi connectivity index (χ2v) is 7.41. The van der Waals surface area contributed by atoms with Crippen molar-refractivity contribution in [1.82, 2.24) is 20.1 Å². The van der Waals surface area contributed by atoms with E-state index >= 15 is 0 Å². The largest absolute Gasteiger partial charge is 0.386 e. The number of hydrogen-bond donors (Lipinski definition) is 3. The molecule has 3 heterocycles. The van der Waals surface area contributed by atoms with Gasteiger partial charge >= 0.3 is 0 Å². The number of hydrogen-bond acceptors (Lipinski definition) is 6. The van der Waals surface area contributed by atoms with Gasteiger partial charge in [-0.15, -0.1) is 0 Å². The summed E-state index contributed by atoms with van der Waals surface area (Å²) in [7, 11) is 0. The van der Waals surface area contributed by atoms with E-state index in [0.29, 0.717) is 12.8 Å². The molecule has 3 atom stereocenters. The summed E-state index contributed by atoms with van der Waals surface area (Å²) >= 11 is 0. The summed E-state index contributed by atoms with van der Waals surface area (Å²) in [5, 5.41) is 26.6. The van der Waals surface area contributed by atoms with Crippen molar-refractivity contribution in [3.05, 3.63) is 77.4 Å². The average Bonchev–Trinajstić information content (AvgIpc) is 3.28. The molecule has 1 aliphatic rings. The molecule has 0 bridgehead atoms. The fraction of sp³-hybridized carbons (Fsp3) is 0.318. The van der Waals surface area contributed by atoms with Crippen LogP contribution in [-0.2, 0) is 11.2 Å². The van der Waals surface area contributed by atoms with Gasteiger partial charge in [-0.25, -0.2) is 4.68 Å². The zero-order valence-corrected chi connectivity index (χ0v) is 16.6. The number of aliphatic hydroxyl groups is 2. The number of amides is 1. The predicted octanol–water partition coefficient (Wildman–Crippen LogP) is 1.36. The fourth-order valence-corrected chi connectivity index (χ4v) is 3.47. The van der Waals surface area contributed by atoms with Crippen LogP contribution in [0.25, 0.3) is 5.69 Å². The number of rotatable bonds is 5. The quantitative estimate of drug-likeness (QED) is 0.588. The molecule has 0 saturated carbocycles. The number of aryl methyl sites for hydroxylation is 1. The van der Waals surface area contributed by atoms with Gasteiger partial charge in [0.15, 0.2) is 6.29 Å². The van der Waals surface area contributed by atoms with Crippen molar-refractivity contribution in [2.75, 3.05) is 6.61 Å². The van der Waals surface area contributed by atoms with Crippen molar-refractivity contribution in [3.63, 3.8) is 0 Å². The lowest BCUT2D eigenvalue weighted by molar-refractivity contribution is -0.194. The highest BCUT2D eigenvalue weighted by Gasteiger charge is 2.32. The molecule has 30 heavy (non-hydrogen) atoms.